The Morgan fingerprint density at radius 1 is 1.19 bits per heavy atom. The second-order valence-electron chi connectivity index (χ2n) is 5.90. The number of hydrazone groups is 1. The lowest BCUT2D eigenvalue weighted by molar-refractivity contribution is -0.384. The second-order valence-corrected chi connectivity index (χ2v) is 8.94. The van der Waals surface area contributed by atoms with Crippen LogP contribution in [0.5, 0.6) is 5.75 Å². The Kier molecular flexibility index (Phi) is 7.87. The highest BCUT2D eigenvalue weighted by Gasteiger charge is 2.14. The average Bonchev–Trinajstić information content (AvgIpc) is 3.16. The van der Waals surface area contributed by atoms with Gasteiger partial charge in [-0.05, 0) is 62.2 Å². The largest absolute Gasteiger partial charge is 0.481 e. The van der Waals surface area contributed by atoms with Gasteiger partial charge in [0.05, 0.1) is 25.1 Å². The SMILES string of the molecule is O=C(COc1c(Br)cc(Br)cc1Br)NN=Cc1ccc(-c2cc([N+](=O)[O-])ccc2Cl)o1. The molecule has 1 aromatic heterocycles. The number of amides is 1. The molecule has 1 N–H and O–H groups in total. The van der Waals surface area contributed by atoms with Crippen molar-refractivity contribution >= 4 is 77.2 Å². The Balaban J connectivity index is 1.60. The van der Waals surface area contributed by atoms with Gasteiger partial charge in [0.2, 0.25) is 0 Å². The van der Waals surface area contributed by atoms with E-state index >= 15 is 0 Å². The molecule has 12 heteroatoms. The lowest BCUT2D eigenvalue weighted by atomic mass is 10.1. The van der Waals surface area contributed by atoms with Crippen LogP contribution in [-0.2, 0) is 4.79 Å². The minimum Gasteiger partial charge on any atom is -0.481 e. The molecule has 0 unspecified atom stereocenters. The van der Waals surface area contributed by atoms with Crippen molar-refractivity contribution in [3.05, 3.63) is 76.8 Å². The summed E-state index contributed by atoms with van der Waals surface area (Å²) in [4.78, 5) is 22.4. The molecule has 0 aliphatic heterocycles. The van der Waals surface area contributed by atoms with Gasteiger partial charge in [-0.1, -0.05) is 27.5 Å². The van der Waals surface area contributed by atoms with Crippen LogP contribution in [0.25, 0.3) is 11.3 Å². The molecule has 0 atom stereocenters. The first kappa shape index (κ1) is 23.5. The summed E-state index contributed by atoms with van der Waals surface area (Å²) >= 11 is 16.2. The van der Waals surface area contributed by atoms with Crippen LogP contribution in [-0.4, -0.2) is 23.7 Å². The van der Waals surface area contributed by atoms with E-state index in [0.717, 1.165) is 4.47 Å². The van der Waals surface area contributed by atoms with Gasteiger partial charge in [-0.15, -0.1) is 0 Å². The van der Waals surface area contributed by atoms with Crippen LogP contribution in [0.1, 0.15) is 5.76 Å². The molecular weight excluding hydrogens is 625 g/mol. The zero-order valence-electron chi connectivity index (χ0n) is 15.3. The smallest absolute Gasteiger partial charge is 0.277 e. The van der Waals surface area contributed by atoms with Crippen LogP contribution in [0, 0.1) is 10.1 Å². The van der Waals surface area contributed by atoms with Crippen molar-refractivity contribution in [1.82, 2.24) is 5.43 Å². The minimum absolute atomic E-state index is 0.109. The average molecular weight is 636 g/mol. The van der Waals surface area contributed by atoms with Gasteiger partial charge in [-0.2, -0.15) is 5.10 Å². The maximum absolute atomic E-state index is 12.0. The van der Waals surface area contributed by atoms with Gasteiger partial charge < -0.3 is 9.15 Å². The quantitative estimate of drug-likeness (QED) is 0.186. The van der Waals surface area contributed by atoms with Crippen molar-refractivity contribution in [2.45, 2.75) is 0 Å². The van der Waals surface area contributed by atoms with E-state index in [9.17, 15) is 14.9 Å². The number of nitro groups is 1. The molecule has 1 amide bonds. The fourth-order valence-corrected chi connectivity index (χ4v) is 5.09. The van der Waals surface area contributed by atoms with Crippen molar-refractivity contribution in [1.29, 1.82) is 0 Å². The van der Waals surface area contributed by atoms with Crippen molar-refractivity contribution in [3.8, 4) is 17.1 Å². The van der Waals surface area contributed by atoms with Gasteiger partial charge in [0.25, 0.3) is 11.6 Å². The molecule has 0 aliphatic carbocycles. The first-order valence-corrected chi connectivity index (χ1v) is 11.1. The number of benzene rings is 2. The first-order chi connectivity index (χ1) is 14.7. The number of halogens is 4. The summed E-state index contributed by atoms with van der Waals surface area (Å²) in [5.41, 5.74) is 2.59. The highest BCUT2D eigenvalue weighted by atomic mass is 79.9. The van der Waals surface area contributed by atoms with Crippen LogP contribution in [0.2, 0.25) is 5.02 Å². The van der Waals surface area contributed by atoms with E-state index in [0.29, 0.717) is 36.8 Å². The van der Waals surface area contributed by atoms with Crippen LogP contribution in [0.3, 0.4) is 0 Å². The number of carbonyl (C=O) groups excluding carboxylic acids is 1. The number of nitro benzene ring substituents is 1. The monoisotopic (exact) mass is 633 g/mol. The van der Waals surface area contributed by atoms with Crippen LogP contribution in [0.15, 0.2) is 65.4 Å². The summed E-state index contributed by atoms with van der Waals surface area (Å²) < 4.78 is 13.3. The molecule has 8 nitrogen and oxygen atoms in total. The summed E-state index contributed by atoms with van der Waals surface area (Å²) in [5.74, 6) is 0.644. The summed E-state index contributed by atoms with van der Waals surface area (Å²) in [5, 5.41) is 15.1. The van der Waals surface area contributed by atoms with E-state index in [2.05, 4.69) is 58.3 Å². The molecule has 160 valence electrons. The molecule has 0 bridgehead atoms. The van der Waals surface area contributed by atoms with Crippen molar-refractivity contribution in [2.75, 3.05) is 6.61 Å². The normalized spacial score (nSPS) is 11.0. The van der Waals surface area contributed by atoms with Crippen molar-refractivity contribution < 1.29 is 18.9 Å². The van der Waals surface area contributed by atoms with Gasteiger partial charge in [0.15, 0.2) is 6.61 Å². The second kappa shape index (κ2) is 10.4. The Bertz CT molecular complexity index is 1160. The van der Waals surface area contributed by atoms with Gasteiger partial charge in [-0.3, -0.25) is 14.9 Å². The van der Waals surface area contributed by atoms with E-state index < -0.39 is 10.8 Å². The molecule has 3 aromatic rings. The highest BCUT2D eigenvalue weighted by molar-refractivity contribution is 9.11. The van der Waals surface area contributed by atoms with E-state index in [1.165, 1.54) is 24.4 Å². The number of ether oxygens (including phenoxy) is 1. The van der Waals surface area contributed by atoms with Gasteiger partial charge in [0, 0.05) is 22.2 Å². The molecule has 0 radical (unpaired) electrons. The van der Waals surface area contributed by atoms with E-state index in [1.807, 2.05) is 0 Å². The Labute approximate surface area is 206 Å². The third-order valence-corrected chi connectivity index (χ3v) is 5.71. The number of furan rings is 1. The third-order valence-electron chi connectivity index (χ3n) is 3.74. The molecule has 3 rings (SSSR count). The Hall–Kier alpha value is -2.21. The predicted molar refractivity (Wildman–Crippen MR) is 127 cm³/mol. The first-order valence-electron chi connectivity index (χ1n) is 8.38. The number of non-ortho nitro benzene ring substituents is 1. The van der Waals surface area contributed by atoms with Gasteiger partial charge in [0.1, 0.15) is 17.3 Å². The zero-order chi connectivity index (χ0) is 22.5. The Morgan fingerprint density at radius 3 is 2.58 bits per heavy atom. The summed E-state index contributed by atoms with van der Waals surface area (Å²) in [6.45, 7) is -0.261. The predicted octanol–water partition coefficient (Wildman–Crippen LogP) is 6.32. The maximum atomic E-state index is 12.0. The van der Waals surface area contributed by atoms with E-state index in [-0.39, 0.29) is 12.3 Å². The van der Waals surface area contributed by atoms with Crippen molar-refractivity contribution in [3.63, 3.8) is 0 Å². The van der Waals surface area contributed by atoms with Crippen molar-refractivity contribution in [2.24, 2.45) is 5.10 Å². The fourth-order valence-electron chi connectivity index (χ4n) is 2.39. The highest BCUT2D eigenvalue weighted by Crippen LogP contribution is 2.36. The maximum Gasteiger partial charge on any atom is 0.277 e. The molecule has 0 aliphatic rings. The minimum atomic E-state index is -0.520. The van der Waals surface area contributed by atoms with E-state index in [4.69, 9.17) is 20.8 Å². The summed E-state index contributed by atoms with van der Waals surface area (Å²) in [6, 6.07) is 10.8. The number of rotatable bonds is 7. The molecule has 0 saturated carbocycles. The Morgan fingerprint density at radius 2 is 1.90 bits per heavy atom. The molecule has 0 spiro atoms. The molecular formula is C19H11Br3ClN3O5. The third kappa shape index (κ3) is 6.16. The zero-order valence-corrected chi connectivity index (χ0v) is 20.8. The number of carbonyl (C=O) groups is 1. The summed E-state index contributed by atoms with van der Waals surface area (Å²) in [6.07, 6.45) is 1.29. The lowest BCUT2D eigenvalue weighted by Gasteiger charge is -2.09. The lowest BCUT2D eigenvalue weighted by Crippen LogP contribution is -2.24. The molecule has 1 heterocycles. The molecule has 0 fully saturated rings. The standard InChI is InChI=1S/C19H11Br3ClN3O5/c20-10-5-14(21)19(15(22)6-10)30-9-18(27)25-24-8-12-2-4-17(31-12)13-7-11(26(28)29)1-3-16(13)23/h1-8H,9H2,(H,25,27). The number of nitrogens with one attached hydrogen (secondary N) is 1. The van der Waals surface area contributed by atoms with Crippen LogP contribution in [0.4, 0.5) is 5.69 Å². The van der Waals surface area contributed by atoms with Gasteiger partial charge in [-0.25, -0.2) is 5.43 Å². The van der Waals surface area contributed by atoms with E-state index in [1.54, 1.807) is 24.3 Å². The molecule has 2 aromatic carbocycles. The van der Waals surface area contributed by atoms with Gasteiger partial charge >= 0.3 is 0 Å². The number of nitrogens with zero attached hydrogens (tertiary/aromatic N) is 2. The fraction of sp³-hybridized carbons (Fsp3) is 0.0526. The topological polar surface area (TPSA) is 107 Å². The number of hydrogen-bond donors (Lipinski definition) is 1. The molecule has 31 heavy (non-hydrogen) atoms. The molecule has 0 saturated heterocycles. The number of hydrogen-bond acceptors (Lipinski definition) is 6. The van der Waals surface area contributed by atoms with Crippen LogP contribution < -0.4 is 10.2 Å². The van der Waals surface area contributed by atoms with Crippen LogP contribution >= 0.6 is 59.4 Å². The summed E-state index contributed by atoms with van der Waals surface area (Å²) in [7, 11) is 0.